The van der Waals surface area contributed by atoms with Gasteiger partial charge in [0.25, 0.3) is 0 Å². The van der Waals surface area contributed by atoms with Crippen LogP contribution in [0.25, 0.3) is 10.6 Å². The number of carbonyl (C=O) groups excluding carboxylic acids is 1. The number of hydrogen-bond acceptors (Lipinski definition) is 6. The maximum Gasteiger partial charge on any atom is 0.244 e. The molecule has 0 unspecified atom stereocenters. The molecule has 3 heterocycles. The second-order valence-corrected chi connectivity index (χ2v) is 12.9. The van der Waals surface area contributed by atoms with Crippen molar-refractivity contribution in [3.63, 3.8) is 0 Å². The molecular weight excluding hydrogens is 470 g/mol. The molecular formula is C28H39N5O2S. The van der Waals surface area contributed by atoms with E-state index in [0.29, 0.717) is 17.5 Å². The molecule has 3 aromatic rings. The number of hydrogen-bond donors (Lipinski definition) is 1. The summed E-state index contributed by atoms with van der Waals surface area (Å²) in [7, 11) is 0. The molecule has 0 aliphatic carbocycles. The maximum atomic E-state index is 12.8. The average molecular weight is 510 g/mol. The fourth-order valence-corrected chi connectivity index (χ4v) is 5.76. The third-order valence-corrected chi connectivity index (χ3v) is 7.92. The molecule has 1 saturated heterocycles. The molecule has 1 N–H and O–H groups in total. The fourth-order valence-electron chi connectivity index (χ4n) is 4.87. The quantitative estimate of drug-likeness (QED) is 0.486. The van der Waals surface area contributed by atoms with E-state index in [2.05, 4.69) is 69.1 Å². The van der Waals surface area contributed by atoms with E-state index >= 15 is 0 Å². The van der Waals surface area contributed by atoms with E-state index < -0.39 is 0 Å². The number of carbonyl (C=O) groups is 1. The zero-order chi connectivity index (χ0) is 26.4. The molecule has 36 heavy (non-hydrogen) atoms. The minimum Gasteiger partial charge on any atom is -0.507 e. The Labute approximate surface area is 218 Å². The first kappa shape index (κ1) is 26.3. The van der Waals surface area contributed by atoms with E-state index in [0.717, 1.165) is 59.1 Å². The van der Waals surface area contributed by atoms with Gasteiger partial charge in [-0.3, -0.25) is 4.79 Å². The Bertz CT molecular complexity index is 1220. The van der Waals surface area contributed by atoms with Crippen LogP contribution in [0.15, 0.2) is 17.5 Å². The lowest BCUT2D eigenvalue weighted by Gasteiger charge is -2.31. The lowest BCUT2D eigenvalue weighted by atomic mass is 9.78. The molecule has 0 bridgehead atoms. The van der Waals surface area contributed by atoms with Crippen LogP contribution >= 0.6 is 11.3 Å². The van der Waals surface area contributed by atoms with Gasteiger partial charge in [0.05, 0.1) is 5.69 Å². The number of aromatic nitrogens is 4. The van der Waals surface area contributed by atoms with Crippen molar-refractivity contribution >= 4 is 17.2 Å². The van der Waals surface area contributed by atoms with Gasteiger partial charge in [-0.1, -0.05) is 41.5 Å². The van der Waals surface area contributed by atoms with E-state index in [4.69, 9.17) is 4.98 Å². The van der Waals surface area contributed by atoms with Gasteiger partial charge < -0.3 is 10.0 Å². The monoisotopic (exact) mass is 509 g/mol. The predicted octanol–water partition coefficient (Wildman–Crippen LogP) is 5.73. The highest BCUT2D eigenvalue weighted by molar-refractivity contribution is 7.13. The maximum absolute atomic E-state index is 12.8. The number of amides is 1. The van der Waals surface area contributed by atoms with Gasteiger partial charge >= 0.3 is 0 Å². The minimum atomic E-state index is -0.178. The first-order valence-electron chi connectivity index (χ1n) is 12.7. The predicted molar refractivity (Wildman–Crippen MR) is 145 cm³/mol. The standard InChI is InChI=1S/C28H39N5O2S/c1-17-29-18(2)33(31-17)15-24(34)32-11-9-19(10-12-32)23-16-36-26(30-23)20-13-21(27(3,4)5)25(35)22(14-20)28(6,7)8/h13-14,16,19,35H,9-12,15H2,1-8H3. The van der Waals surface area contributed by atoms with Gasteiger partial charge in [-0.25, -0.2) is 14.6 Å². The summed E-state index contributed by atoms with van der Waals surface area (Å²) >= 11 is 1.66. The normalized spacial score (nSPS) is 15.5. The van der Waals surface area contributed by atoms with Gasteiger partial charge in [-0.05, 0) is 49.7 Å². The molecule has 7 nitrogen and oxygen atoms in total. The number of benzene rings is 1. The first-order chi connectivity index (χ1) is 16.7. The smallest absolute Gasteiger partial charge is 0.244 e. The number of rotatable bonds is 4. The van der Waals surface area contributed by atoms with Crippen LogP contribution in [0.2, 0.25) is 0 Å². The Balaban J connectivity index is 1.49. The minimum absolute atomic E-state index is 0.0916. The van der Waals surface area contributed by atoms with Crippen molar-refractivity contribution in [2.45, 2.75) is 91.5 Å². The third-order valence-electron chi connectivity index (χ3n) is 7.01. The Morgan fingerprint density at radius 2 is 1.61 bits per heavy atom. The zero-order valence-corrected chi connectivity index (χ0v) is 23.7. The second-order valence-electron chi connectivity index (χ2n) is 12.0. The Kier molecular flexibility index (Phi) is 7.03. The van der Waals surface area contributed by atoms with Crippen molar-refractivity contribution in [1.29, 1.82) is 0 Å². The van der Waals surface area contributed by atoms with E-state index in [1.165, 1.54) is 0 Å². The number of phenolic OH excluding ortho intramolecular Hbond substituents is 1. The highest BCUT2D eigenvalue weighted by Gasteiger charge is 2.29. The largest absolute Gasteiger partial charge is 0.507 e. The zero-order valence-electron chi connectivity index (χ0n) is 22.8. The topological polar surface area (TPSA) is 84.1 Å². The van der Waals surface area contributed by atoms with Gasteiger partial charge in [0.1, 0.15) is 29.0 Å². The van der Waals surface area contributed by atoms with Crippen LogP contribution in [0.4, 0.5) is 0 Å². The molecule has 8 heteroatoms. The van der Waals surface area contributed by atoms with E-state index in [-0.39, 0.29) is 23.3 Å². The molecule has 1 fully saturated rings. The van der Waals surface area contributed by atoms with E-state index in [1.807, 2.05) is 18.7 Å². The molecule has 4 rings (SSSR count). The average Bonchev–Trinajstić information content (AvgIpc) is 3.39. The third kappa shape index (κ3) is 5.48. The van der Waals surface area contributed by atoms with Crippen molar-refractivity contribution in [3.8, 4) is 16.3 Å². The van der Waals surface area contributed by atoms with Crippen LogP contribution in [0.1, 0.15) is 88.8 Å². The van der Waals surface area contributed by atoms with Crippen LogP contribution in [0, 0.1) is 13.8 Å². The van der Waals surface area contributed by atoms with Crippen molar-refractivity contribution in [1.82, 2.24) is 24.6 Å². The summed E-state index contributed by atoms with van der Waals surface area (Å²) in [4.78, 5) is 24.1. The molecule has 1 aromatic carbocycles. The van der Waals surface area contributed by atoms with Gasteiger partial charge in [0, 0.05) is 41.1 Å². The molecule has 1 aliphatic rings. The first-order valence-corrected chi connectivity index (χ1v) is 13.6. The Morgan fingerprint density at radius 1 is 1.03 bits per heavy atom. The summed E-state index contributed by atoms with van der Waals surface area (Å²) < 4.78 is 1.69. The molecule has 1 amide bonds. The van der Waals surface area contributed by atoms with Crippen LogP contribution in [0.3, 0.4) is 0 Å². The molecule has 1 aliphatic heterocycles. The van der Waals surface area contributed by atoms with Crippen LogP contribution in [-0.2, 0) is 22.2 Å². The molecule has 0 radical (unpaired) electrons. The highest BCUT2D eigenvalue weighted by atomic mass is 32.1. The fraction of sp³-hybridized carbons (Fsp3) is 0.571. The molecule has 0 atom stereocenters. The van der Waals surface area contributed by atoms with Gasteiger partial charge in [0.15, 0.2) is 0 Å². The number of thiazole rings is 1. The van der Waals surface area contributed by atoms with Gasteiger partial charge in [-0.15, -0.1) is 11.3 Å². The van der Waals surface area contributed by atoms with Crippen molar-refractivity contribution in [2.75, 3.05) is 13.1 Å². The molecule has 0 spiro atoms. The Morgan fingerprint density at radius 3 is 2.11 bits per heavy atom. The molecule has 194 valence electrons. The lowest BCUT2D eigenvalue weighted by molar-refractivity contribution is -0.133. The summed E-state index contributed by atoms with van der Waals surface area (Å²) in [6, 6.07) is 4.20. The van der Waals surface area contributed by atoms with Gasteiger partial charge in [-0.2, -0.15) is 5.10 Å². The summed E-state index contributed by atoms with van der Waals surface area (Å²) in [6.07, 6.45) is 1.81. The number of aromatic hydroxyl groups is 1. The molecule has 0 saturated carbocycles. The second kappa shape index (κ2) is 9.61. The van der Waals surface area contributed by atoms with Crippen molar-refractivity contribution in [2.24, 2.45) is 0 Å². The van der Waals surface area contributed by atoms with E-state index in [1.54, 1.807) is 16.0 Å². The number of likely N-dealkylation sites (tertiary alicyclic amines) is 1. The number of nitrogens with zero attached hydrogens (tertiary/aromatic N) is 5. The van der Waals surface area contributed by atoms with Gasteiger partial charge in [0.2, 0.25) is 5.91 Å². The SMILES string of the molecule is Cc1nc(C)n(CC(=O)N2CCC(c3csc(-c4cc(C(C)(C)C)c(O)c(C(C)(C)C)c4)n3)CC2)n1. The number of phenols is 1. The molecule has 2 aromatic heterocycles. The summed E-state index contributed by atoms with van der Waals surface area (Å²) in [5.41, 5.74) is 3.71. The van der Waals surface area contributed by atoms with Crippen LogP contribution in [-0.4, -0.2) is 48.8 Å². The van der Waals surface area contributed by atoms with Crippen LogP contribution in [0.5, 0.6) is 5.75 Å². The lowest BCUT2D eigenvalue weighted by Crippen LogP contribution is -2.40. The summed E-state index contributed by atoms with van der Waals surface area (Å²) in [6.45, 7) is 18.2. The number of aryl methyl sites for hydroxylation is 2. The van der Waals surface area contributed by atoms with Crippen molar-refractivity contribution in [3.05, 3.63) is 46.0 Å². The summed E-state index contributed by atoms with van der Waals surface area (Å²) in [5.74, 6) is 2.29. The number of piperidine rings is 1. The van der Waals surface area contributed by atoms with E-state index in [9.17, 15) is 9.90 Å². The highest BCUT2D eigenvalue weighted by Crippen LogP contribution is 2.43. The summed E-state index contributed by atoms with van der Waals surface area (Å²) in [5, 5.41) is 18.5. The van der Waals surface area contributed by atoms with Crippen LogP contribution < -0.4 is 0 Å². The Hall–Kier alpha value is -2.74. The van der Waals surface area contributed by atoms with Crippen molar-refractivity contribution < 1.29 is 9.90 Å².